The number of nitrogens with one attached hydrogen (secondary N) is 1. The van der Waals surface area contributed by atoms with Crippen LogP contribution in [0.3, 0.4) is 0 Å². The van der Waals surface area contributed by atoms with Gasteiger partial charge >= 0.3 is 6.03 Å². The van der Waals surface area contributed by atoms with Crippen molar-refractivity contribution < 1.29 is 18.7 Å². The number of hydrogen-bond donors (Lipinski definition) is 1. The quantitative estimate of drug-likeness (QED) is 0.888. The van der Waals surface area contributed by atoms with Crippen LogP contribution in [0.4, 0.5) is 9.18 Å². The zero-order valence-corrected chi connectivity index (χ0v) is 14.0. The molecule has 0 unspecified atom stereocenters. The van der Waals surface area contributed by atoms with Crippen molar-refractivity contribution in [2.75, 3.05) is 19.7 Å². The van der Waals surface area contributed by atoms with E-state index < -0.39 is 5.82 Å². The molecule has 0 radical (unpaired) electrons. The summed E-state index contributed by atoms with van der Waals surface area (Å²) >= 11 is 5.84. The van der Waals surface area contributed by atoms with Gasteiger partial charge < -0.3 is 19.7 Å². The van der Waals surface area contributed by atoms with Crippen LogP contribution >= 0.6 is 11.6 Å². The van der Waals surface area contributed by atoms with Gasteiger partial charge in [0, 0.05) is 6.54 Å². The molecule has 3 aliphatic heterocycles. The molecule has 0 saturated carbocycles. The minimum Gasteiger partial charge on any atom is -0.373 e. The zero-order valence-electron chi connectivity index (χ0n) is 13.2. The van der Waals surface area contributed by atoms with Crippen LogP contribution in [-0.4, -0.2) is 48.9 Å². The fourth-order valence-electron chi connectivity index (χ4n) is 3.79. The first-order valence-corrected chi connectivity index (χ1v) is 8.75. The summed E-state index contributed by atoms with van der Waals surface area (Å²) in [5.41, 5.74) is 0.780. The summed E-state index contributed by atoms with van der Waals surface area (Å²) in [6, 6.07) is 4.56. The predicted octanol–water partition coefficient (Wildman–Crippen LogP) is 2.88. The molecule has 1 aromatic carbocycles. The first-order valence-electron chi connectivity index (χ1n) is 8.37. The van der Waals surface area contributed by atoms with Crippen molar-refractivity contribution in [3.63, 3.8) is 0 Å². The number of carbonyl (C=O) groups excluding carboxylic acids is 1. The van der Waals surface area contributed by atoms with Crippen LogP contribution in [0.25, 0.3) is 0 Å². The monoisotopic (exact) mass is 354 g/mol. The Morgan fingerprint density at radius 2 is 2.25 bits per heavy atom. The second kappa shape index (κ2) is 6.50. The molecule has 1 aromatic rings. The van der Waals surface area contributed by atoms with Crippen LogP contribution < -0.4 is 5.32 Å². The van der Waals surface area contributed by atoms with E-state index in [0.717, 1.165) is 24.8 Å². The van der Waals surface area contributed by atoms with E-state index >= 15 is 0 Å². The summed E-state index contributed by atoms with van der Waals surface area (Å²) in [7, 11) is 0. The molecule has 7 heteroatoms. The Labute approximate surface area is 145 Å². The largest absolute Gasteiger partial charge is 0.373 e. The third kappa shape index (κ3) is 3.10. The Morgan fingerprint density at radius 3 is 2.96 bits per heavy atom. The van der Waals surface area contributed by atoms with Crippen molar-refractivity contribution in [1.82, 2.24) is 10.2 Å². The van der Waals surface area contributed by atoms with Crippen molar-refractivity contribution >= 4 is 17.6 Å². The van der Waals surface area contributed by atoms with Crippen molar-refractivity contribution in [1.29, 1.82) is 0 Å². The topological polar surface area (TPSA) is 50.8 Å². The minimum atomic E-state index is -0.456. The van der Waals surface area contributed by atoms with Crippen LogP contribution in [0.5, 0.6) is 0 Å². The van der Waals surface area contributed by atoms with Gasteiger partial charge in [-0.25, -0.2) is 9.18 Å². The fraction of sp³-hybridized carbons (Fsp3) is 0.588. The molecule has 3 heterocycles. The van der Waals surface area contributed by atoms with E-state index in [1.54, 1.807) is 17.0 Å². The van der Waals surface area contributed by atoms with Gasteiger partial charge in [-0.1, -0.05) is 17.7 Å². The molecule has 3 aliphatic rings. The maximum Gasteiger partial charge on any atom is 0.317 e. The van der Waals surface area contributed by atoms with E-state index in [4.69, 9.17) is 21.1 Å². The van der Waals surface area contributed by atoms with Crippen molar-refractivity contribution in [3.05, 3.63) is 34.6 Å². The molecule has 0 aromatic heterocycles. The van der Waals surface area contributed by atoms with Crippen molar-refractivity contribution in [2.24, 2.45) is 0 Å². The molecule has 130 valence electrons. The second-order valence-electron chi connectivity index (χ2n) is 6.64. The Balaban J connectivity index is 1.39. The molecule has 1 N–H and O–H groups in total. The fourth-order valence-corrected chi connectivity index (χ4v) is 3.98. The molecule has 2 bridgehead atoms. The highest BCUT2D eigenvalue weighted by Gasteiger charge is 2.42. The highest BCUT2D eigenvalue weighted by molar-refractivity contribution is 6.30. The smallest absolute Gasteiger partial charge is 0.317 e. The maximum absolute atomic E-state index is 13.3. The molecule has 2 amide bonds. The van der Waals surface area contributed by atoms with E-state index in [1.165, 1.54) is 6.07 Å². The average molecular weight is 355 g/mol. The third-order valence-electron chi connectivity index (χ3n) is 5.08. The summed E-state index contributed by atoms with van der Waals surface area (Å²) in [5.74, 6) is -0.456. The van der Waals surface area contributed by atoms with E-state index in [9.17, 15) is 9.18 Å². The van der Waals surface area contributed by atoms with Gasteiger partial charge in [0.15, 0.2) is 0 Å². The van der Waals surface area contributed by atoms with E-state index in [-0.39, 0.29) is 29.3 Å². The van der Waals surface area contributed by atoms with Crippen LogP contribution in [0, 0.1) is 5.82 Å². The lowest BCUT2D eigenvalue weighted by Crippen LogP contribution is -2.51. The van der Waals surface area contributed by atoms with Crippen molar-refractivity contribution in [2.45, 2.75) is 43.6 Å². The number of nitrogens with zero attached hydrogens (tertiary/aromatic N) is 1. The van der Waals surface area contributed by atoms with Gasteiger partial charge in [-0.2, -0.15) is 0 Å². The Hall–Kier alpha value is -1.37. The second-order valence-corrected chi connectivity index (χ2v) is 7.05. The molecule has 24 heavy (non-hydrogen) atoms. The average Bonchev–Trinajstić information content (AvgIpc) is 3.20. The summed E-state index contributed by atoms with van der Waals surface area (Å²) in [6.45, 7) is 1.41. The van der Waals surface area contributed by atoms with Crippen molar-refractivity contribution in [3.8, 4) is 0 Å². The first-order chi connectivity index (χ1) is 11.6. The summed E-state index contributed by atoms with van der Waals surface area (Å²) in [6.07, 6.45) is 3.19. The highest BCUT2D eigenvalue weighted by atomic mass is 35.5. The van der Waals surface area contributed by atoms with Gasteiger partial charge in [0.05, 0.1) is 36.4 Å². The summed E-state index contributed by atoms with van der Waals surface area (Å²) < 4.78 is 24.8. The first kappa shape index (κ1) is 16.1. The molecule has 4 atom stereocenters. The van der Waals surface area contributed by atoms with Crippen LogP contribution in [0.15, 0.2) is 18.2 Å². The minimum absolute atomic E-state index is 0.0665. The lowest BCUT2D eigenvalue weighted by molar-refractivity contribution is -0.0161. The third-order valence-corrected chi connectivity index (χ3v) is 5.37. The lowest BCUT2D eigenvalue weighted by Gasteiger charge is -2.34. The van der Waals surface area contributed by atoms with Gasteiger partial charge in [0.2, 0.25) is 0 Å². The van der Waals surface area contributed by atoms with Gasteiger partial charge in [0.1, 0.15) is 11.9 Å². The van der Waals surface area contributed by atoms with Gasteiger partial charge in [-0.3, -0.25) is 0 Å². The Morgan fingerprint density at radius 1 is 1.38 bits per heavy atom. The number of morpholine rings is 1. The molecular formula is C17H20ClFN2O3. The highest BCUT2D eigenvalue weighted by Crippen LogP contribution is 2.34. The van der Waals surface area contributed by atoms with Crippen LogP contribution in [0.1, 0.15) is 30.9 Å². The number of halogens is 2. The van der Waals surface area contributed by atoms with E-state index in [0.29, 0.717) is 25.8 Å². The summed E-state index contributed by atoms with van der Waals surface area (Å²) in [5, 5.41) is 3.16. The number of carbonyl (C=O) groups is 1. The van der Waals surface area contributed by atoms with Gasteiger partial charge in [-0.15, -0.1) is 0 Å². The predicted molar refractivity (Wildman–Crippen MR) is 86.5 cm³/mol. The SMILES string of the molecule is O=C(N[C@H]1C[C@H]2CC[C@H]1O2)N1CCO[C@@H](c2ccc(F)c(Cl)c2)C1. The normalized spacial score (nSPS) is 32.2. The number of ether oxygens (including phenoxy) is 2. The van der Waals surface area contributed by atoms with E-state index in [2.05, 4.69) is 5.32 Å². The number of hydrogen-bond acceptors (Lipinski definition) is 3. The number of urea groups is 1. The maximum atomic E-state index is 13.3. The molecule has 4 rings (SSSR count). The number of rotatable bonds is 2. The van der Waals surface area contributed by atoms with Crippen LogP contribution in [0.2, 0.25) is 5.02 Å². The Kier molecular flexibility index (Phi) is 4.37. The molecule has 3 saturated heterocycles. The lowest BCUT2D eigenvalue weighted by atomic mass is 9.96. The number of fused-ring (bicyclic) bond motifs is 2. The molecule has 3 fully saturated rings. The molecule has 0 spiro atoms. The zero-order chi connectivity index (χ0) is 16.7. The Bertz CT molecular complexity index is 644. The molecular weight excluding hydrogens is 335 g/mol. The molecule has 5 nitrogen and oxygen atoms in total. The van der Waals surface area contributed by atoms with Crippen LogP contribution in [-0.2, 0) is 9.47 Å². The van der Waals surface area contributed by atoms with Gasteiger partial charge in [-0.05, 0) is 37.0 Å². The number of benzene rings is 1. The summed E-state index contributed by atoms with van der Waals surface area (Å²) in [4.78, 5) is 14.3. The van der Waals surface area contributed by atoms with E-state index in [1.807, 2.05) is 0 Å². The molecule has 0 aliphatic carbocycles. The van der Waals surface area contributed by atoms with Gasteiger partial charge in [0.25, 0.3) is 0 Å². The number of amides is 2. The standard InChI is InChI=1S/C17H20ClFN2O3/c18-12-7-10(1-3-13(12)19)16-9-21(5-6-23-16)17(22)20-14-8-11-2-4-15(14)24-11/h1,3,7,11,14-16H,2,4-6,8-9H2,(H,20,22)/t11-,14+,15-,16-/m1/s1.